The number of alkyl halides is 1. The smallest absolute Gasteiger partial charge is 0.159 e. The van der Waals surface area contributed by atoms with Crippen LogP contribution in [0.2, 0.25) is 0 Å². The minimum Gasteiger partial charge on any atom is -0.298 e. The minimum atomic E-state index is -0.884. The molecule has 0 N–H and O–H groups in total. The highest BCUT2D eigenvalue weighted by molar-refractivity contribution is 9.10. The van der Waals surface area contributed by atoms with Gasteiger partial charge >= 0.3 is 0 Å². The largest absolute Gasteiger partial charge is 0.298 e. The molecule has 0 aliphatic heterocycles. The van der Waals surface area contributed by atoms with E-state index < -0.39 is 17.0 Å². The van der Waals surface area contributed by atoms with E-state index in [2.05, 4.69) is 15.9 Å². The van der Waals surface area contributed by atoms with Crippen LogP contribution in [0.15, 0.2) is 18.2 Å². The van der Waals surface area contributed by atoms with Gasteiger partial charge in [0.05, 0.1) is 4.83 Å². The van der Waals surface area contributed by atoms with Crippen molar-refractivity contribution in [1.82, 2.24) is 0 Å². The van der Waals surface area contributed by atoms with E-state index >= 15 is 0 Å². The van der Waals surface area contributed by atoms with E-state index in [1.165, 1.54) is 6.07 Å². The first-order chi connectivity index (χ1) is 7.71. The van der Waals surface area contributed by atoms with E-state index in [-0.39, 0.29) is 10.6 Å². The summed E-state index contributed by atoms with van der Waals surface area (Å²) in [6.07, 6.45) is 0.354. The standard InChI is InChI=1S/C13H15BrF2O/c1-13(2,3)12(17)9(14)6-8-4-5-10(15)11(16)7-8/h4-5,7,9H,6H2,1-3H3. The molecular formula is C13H15BrF2O. The fourth-order valence-electron chi connectivity index (χ4n) is 1.44. The molecule has 0 aliphatic carbocycles. The van der Waals surface area contributed by atoms with E-state index in [1.54, 1.807) is 0 Å². The molecule has 0 amide bonds. The molecule has 0 radical (unpaired) electrons. The second-order valence-corrected chi connectivity index (χ2v) is 6.14. The fourth-order valence-corrected chi connectivity index (χ4v) is 2.50. The molecule has 0 fully saturated rings. The average Bonchev–Trinajstić information content (AvgIpc) is 2.21. The molecule has 0 aliphatic rings. The molecule has 4 heteroatoms. The maximum absolute atomic E-state index is 13.0. The molecule has 17 heavy (non-hydrogen) atoms. The number of ketones is 1. The second-order valence-electron chi connectivity index (χ2n) is 5.03. The first-order valence-electron chi connectivity index (χ1n) is 5.34. The molecule has 1 aromatic rings. The van der Waals surface area contributed by atoms with Crippen molar-refractivity contribution in [3.8, 4) is 0 Å². The number of hydrogen-bond acceptors (Lipinski definition) is 1. The molecule has 1 rings (SSSR count). The third kappa shape index (κ3) is 3.87. The van der Waals surface area contributed by atoms with Crippen LogP contribution in [-0.4, -0.2) is 10.6 Å². The normalized spacial score (nSPS) is 13.5. The highest BCUT2D eigenvalue weighted by Crippen LogP contribution is 2.23. The van der Waals surface area contributed by atoms with Gasteiger partial charge in [0, 0.05) is 5.41 Å². The van der Waals surface area contributed by atoms with Crippen LogP contribution in [0.1, 0.15) is 26.3 Å². The fraction of sp³-hybridized carbons (Fsp3) is 0.462. The Kier molecular flexibility index (Phi) is 4.42. The van der Waals surface area contributed by atoms with E-state index in [0.29, 0.717) is 12.0 Å². The van der Waals surface area contributed by atoms with Crippen molar-refractivity contribution in [3.05, 3.63) is 35.4 Å². The van der Waals surface area contributed by atoms with Crippen LogP contribution in [0.5, 0.6) is 0 Å². The first-order valence-corrected chi connectivity index (χ1v) is 6.25. The van der Waals surface area contributed by atoms with Crippen molar-refractivity contribution in [2.45, 2.75) is 32.0 Å². The lowest BCUT2D eigenvalue weighted by molar-refractivity contribution is -0.125. The predicted molar refractivity (Wildman–Crippen MR) is 67.2 cm³/mol. The van der Waals surface area contributed by atoms with Gasteiger partial charge in [0.2, 0.25) is 0 Å². The zero-order chi connectivity index (χ0) is 13.2. The Morgan fingerprint density at radius 1 is 1.29 bits per heavy atom. The maximum atomic E-state index is 13.0. The summed E-state index contributed by atoms with van der Waals surface area (Å²) in [4.78, 5) is 11.5. The summed E-state index contributed by atoms with van der Waals surface area (Å²) in [5.74, 6) is -1.71. The number of carbonyl (C=O) groups is 1. The van der Waals surface area contributed by atoms with Crippen molar-refractivity contribution in [2.24, 2.45) is 5.41 Å². The first kappa shape index (κ1) is 14.3. The number of carbonyl (C=O) groups excluding carboxylic acids is 1. The molecule has 0 heterocycles. The second kappa shape index (κ2) is 5.25. The van der Waals surface area contributed by atoms with Crippen molar-refractivity contribution >= 4 is 21.7 Å². The summed E-state index contributed by atoms with van der Waals surface area (Å²) in [5.41, 5.74) is 0.149. The summed E-state index contributed by atoms with van der Waals surface area (Å²) >= 11 is 3.29. The molecule has 0 saturated carbocycles. The van der Waals surface area contributed by atoms with Crippen molar-refractivity contribution in [2.75, 3.05) is 0 Å². The van der Waals surface area contributed by atoms with Gasteiger partial charge in [-0.25, -0.2) is 8.78 Å². The Morgan fingerprint density at radius 3 is 2.35 bits per heavy atom. The summed E-state index contributed by atoms with van der Waals surface area (Å²) in [6.45, 7) is 5.48. The lowest BCUT2D eigenvalue weighted by Crippen LogP contribution is -2.30. The third-order valence-corrected chi connectivity index (χ3v) is 3.16. The summed E-state index contributed by atoms with van der Waals surface area (Å²) in [5, 5.41) is 0. The molecule has 1 aromatic carbocycles. The number of Topliss-reactive ketones (excluding diaryl/α,β-unsaturated/α-hetero) is 1. The van der Waals surface area contributed by atoms with Gasteiger partial charge in [0.15, 0.2) is 17.4 Å². The zero-order valence-corrected chi connectivity index (χ0v) is 11.6. The van der Waals surface area contributed by atoms with Crippen LogP contribution in [-0.2, 0) is 11.2 Å². The SMILES string of the molecule is CC(C)(C)C(=O)C(Br)Cc1ccc(F)c(F)c1. The van der Waals surface area contributed by atoms with Crippen LogP contribution in [0.4, 0.5) is 8.78 Å². The molecule has 1 nitrogen and oxygen atoms in total. The summed E-state index contributed by atoms with van der Waals surface area (Å²) in [6, 6.07) is 3.69. The average molecular weight is 305 g/mol. The van der Waals surface area contributed by atoms with Crippen LogP contribution in [0.3, 0.4) is 0 Å². The van der Waals surface area contributed by atoms with Crippen molar-refractivity contribution < 1.29 is 13.6 Å². The number of halogens is 3. The molecule has 0 bridgehead atoms. The Bertz CT molecular complexity index is 424. The van der Waals surface area contributed by atoms with Crippen LogP contribution < -0.4 is 0 Å². The van der Waals surface area contributed by atoms with Crippen molar-refractivity contribution in [3.63, 3.8) is 0 Å². The van der Waals surface area contributed by atoms with Gasteiger partial charge in [-0.05, 0) is 24.1 Å². The quantitative estimate of drug-likeness (QED) is 0.774. The van der Waals surface area contributed by atoms with Gasteiger partial charge in [0.1, 0.15) is 0 Å². The van der Waals surface area contributed by atoms with Crippen LogP contribution in [0, 0.1) is 17.0 Å². The van der Waals surface area contributed by atoms with Gasteiger partial charge in [-0.15, -0.1) is 0 Å². The highest BCUT2D eigenvalue weighted by atomic mass is 79.9. The zero-order valence-electron chi connectivity index (χ0n) is 10.1. The predicted octanol–water partition coefficient (Wildman–Crippen LogP) is 3.89. The summed E-state index contributed by atoms with van der Waals surface area (Å²) in [7, 11) is 0. The van der Waals surface area contributed by atoms with Crippen molar-refractivity contribution in [1.29, 1.82) is 0 Å². The molecule has 0 saturated heterocycles. The van der Waals surface area contributed by atoms with Crippen LogP contribution >= 0.6 is 15.9 Å². The molecule has 1 atom stereocenters. The molecule has 0 aromatic heterocycles. The van der Waals surface area contributed by atoms with Gasteiger partial charge < -0.3 is 0 Å². The lowest BCUT2D eigenvalue weighted by atomic mass is 9.87. The lowest BCUT2D eigenvalue weighted by Gasteiger charge is -2.20. The van der Waals surface area contributed by atoms with E-state index in [4.69, 9.17) is 0 Å². The molecule has 1 unspecified atom stereocenters. The van der Waals surface area contributed by atoms with Gasteiger partial charge in [-0.3, -0.25) is 4.79 Å². The molecule has 0 spiro atoms. The van der Waals surface area contributed by atoms with Crippen LogP contribution in [0.25, 0.3) is 0 Å². The Balaban J connectivity index is 2.78. The molecular weight excluding hydrogens is 290 g/mol. The number of rotatable bonds is 3. The maximum Gasteiger partial charge on any atom is 0.159 e. The van der Waals surface area contributed by atoms with E-state index in [9.17, 15) is 13.6 Å². The van der Waals surface area contributed by atoms with E-state index in [0.717, 1.165) is 12.1 Å². The van der Waals surface area contributed by atoms with E-state index in [1.807, 2.05) is 20.8 Å². The van der Waals surface area contributed by atoms with Gasteiger partial charge in [-0.1, -0.05) is 42.8 Å². The summed E-state index contributed by atoms with van der Waals surface area (Å²) < 4.78 is 25.7. The Morgan fingerprint density at radius 2 is 1.88 bits per heavy atom. The Labute approximate surface area is 108 Å². The minimum absolute atomic E-state index is 0.0437. The Hall–Kier alpha value is -0.770. The van der Waals surface area contributed by atoms with Gasteiger partial charge in [-0.2, -0.15) is 0 Å². The number of hydrogen-bond donors (Lipinski definition) is 0. The topological polar surface area (TPSA) is 17.1 Å². The highest BCUT2D eigenvalue weighted by Gasteiger charge is 2.27. The third-order valence-electron chi connectivity index (χ3n) is 2.42. The number of benzene rings is 1. The molecule has 94 valence electrons. The van der Waals surface area contributed by atoms with Gasteiger partial charge in [0.25, 0.3) is 0 Å². The monoisotopic (exact) mass is 304 g/mol.